The molecule has 1 aromatic rings. The molecular weight excluding hydrogens is 175 g/mol. The molecule has 0 aliphatic carbocycles. The average Bonchev–Trinajstić information content (AvgIpc) is 2.03. The first kappa shape index (κ1) is 9.27. The van der Waals surface area contributed by atoms with Gasteiger partial charge in [0, 0.05) is 10.6 Å². The van der Waals surface area contributed by atoms with E-state index in [1.165, 1.54) is 6.07 Å². The van der Waals surface area contributed by atoms with Gasteiger partial charge in [-0.3, -0.25) is 0 Å². The van der Waals surface area contributed by atoms with Crippen LogP contribution in [0.15, 0.2) is 24.3 Å². The summed E-state index contributed by atoms with van der Waals surface area (Å²) in [5.74, 6) is -0.271. The summed E-state index contributed by atoms with van der Waals surface area (Å²) >= 11 is 5.59. The van der Waals surface area contributed by atoms with Gasteiger partial charge in [-0.25, -0.2) is 4.39 Å². The summed E-state index contributed by atoms with van der Waals surface area (Å²) < 4.78 is 13.0. The molecule has 0 atom stereocenters. The van der Waals surface area contributed by atoms with Gasteiger partial charge in [0.25, 0.3) is 0 Å². The van der Waals surface area contributed by atoms with E-state index in [4.69, 9.17) is 11.6 Å². The van der Waals surface area contributed by atoms with Crippen LogP contribution in [0.5, 0.6) is 0 Å². The van der Waals surface area contributed by atoms with E-state index in [1.54, 1.807) is 18.2 Å². The molecule has 0 saturated carbocycles. The Hall–Kier alpha value is -0.820. The van der Waals surface area contributed by atoms with Gasteiger partial charge in [-0.2, -0.15) is 0 Å². The Labute approximate surface area is 76.7 Å². The molecule has 12 heavy (non-hydrogen) atoms. The lowest BCUT2D eigenvalue weighted by molar-refractivity contribution is 0.625. The molecule has 0 nitrogen and oxygen atoms in total. The highest BCUT2D eigenvalue weighted by Crippen LogP contribution is 2.15. The van der Waals surface area contributed by atoms with E-state index in [9.17, 15) is 4.39 Å². The summed E-state index contributed by atoms with van der Waals surface area (Å²) in [5, 5.41) is 0.432. The van der Waals surface area contributed by atoms with Gasteiger partial charge in [0.2, 0.25) is 0 Å². The third-order valence-electron chi connectivity index (χ3n) is 1.50. The Kier molecular flexibility index (Phi) is 3.30. The molecule has 0 aliphatic heterocycles. The summed E-state index contributed by atoms with van der Waals surface area (Å²) in [6.07, 6.45) is 4.57. The third kappa shape index (κ3) is 2.35. The molecular formula is C10H10ClF. The second kappa shape index (κ2) is 4.27. The fourth-order valence-electron chi connectivity index (χ4n) is 0.881. The second-order valence-electron chi connectivity index (χ2n) is 2.48. The van der Waals surface area contributed by atoms with Crippen molar-refractivity contribution in [2.24, 2.45) is 0 Å². The Morgan fingerprint density at radius 3 is 2.83 bits per heavy atom. The molecule has 0 heterocycles. The molecule has 0 bridgehead atoms. The minimum absolute atomic E-state index is 0.271. The zero-order chi connectivity index (χ0) is 8.97. The predicted molar refractivity (Wildman–Crippen MR) is 50.7 cm³/mol. The monoisotopic (exact) mass is 184 g/mol. The van der Waals surface area contributed by atoms with Crippen LogP contribution in [0.3, 0.4) is 0 Å². The largest absolute Gasteiger partial charge is 0.206 e. The lowest BCUT2D eigenvalue weighted by Crippen LogP contribution is -1.80. The van der Waals surface area contributed by atoms with Crippen LogP contribution in [-0.2, 0) is 0 Å². The molecule has 0 unspecified atom stereocenters. The van der Waals surface area contributed by atoms with Crippen molar-refractivity contribution in [2.75, 3.05) is 0 Å². The van der Waals surface area contributed by atoms with Crippen LogP contribution in [0, 0.1) is 5.82 Å². The van der Waals surface area contributed by atoms with E-state index in [-0.39, 0.29) is 5.82 Å². The molecule has 0 spiro atoms. The van der Waals surface area contributed by atoms with Crippen molar-refractivity contribution in [1.82, 2.24) is 0 Å². The number of allylic oxidation sites excluding steroid dienone is 1. The molecule has 64 valence electrons. The first-order chi connectivity index (χ1) is 5.74. The van der Waals surface area contributed by atoms with Crippen LogP contribution < -0.4 is 0 Å². The van der Waals surface area contributed by atoms with Gasteiger partial charge in [-0.15, -0.1) is 0 Å². The van der Waals surface area contributed by atoms with Crippen molar-refractivity contribution in [3.05, 3.63) is 40.7 Å². The van der Waals surface area contributed by atoms with Crippen molar-refractivity contribution in [1.29, 1.82) is 0 Å². The van der Waals surface area contributed by atoms with Crippen LogP contribution >= 0.6 is 11.6 Å². The van der Waals surface area contributed by atoms with Crippen LogP contribution in [0.2, 0.25) is 5.02 Å². The predicted octanol–water partition coefficient (Wildman–Crippen LogP) is 3.90. The summed E-state index contributed by atoms with van der Waals surface area (Å²) in [6, 6.07) is 4.67. The first-order valence-electron chi connectivity index (χ1n) is 3.85. The number of benzene rings is 1. The minimum atomic E-state index is -0.271. The molecule has 0 amide bonds. The zero-order valence-corrected chi connectivity index (χ0v) is 7.61. The third-order valence-corrected chi connectivity index (χ3v) is 1.73. The van der Waals surface area contributed by atoms with Gasteiger partial charge in [-0.05, 0) is 18.6 Å². The van der Waals surface area contributed by atoms with Gasteiger partial charge in [0.1, 0.15) is 5.82 Å². The van der Waals surface area contributed by atoms with Gasteiger partial charge >= 0.3 is 0 Å². The fourth-order valence-corrected chi connectivity index (χ4v) is 1.04. The van der Waals surface area contributed by atoms with E-state index >= 15 is 0 Å². The number of halogens is 2. The Morgan fingerprint density at radius 1 is 1.50 bits per heavy atom. The lowest BCUT2D eigenvalue weighted by atomic mass is 10.2. The van der Waals surface area contributed by atoms with Gasteiger partial charge in [0.05, 0.1) is 0 Å². The second-order valence-corrected chi connectivity index (χ2v) is 2.91. The average molecular weight is 185 g/mol. The lowest BCUT2D eigenvalue weighted by Gasteiger charge is -1.96. The van der Waals surface area contributed by atoms with Gasteiger partial charge < -0.3 is 0 Å². The summed E-state index contributed by atoms with van der Waals surface area (Å²) in [5.41, 5.74) is 0.584. The fraction of sp³-hybridized carbons (Fsp3) is 0.200. The number of hydrogen-bond acceptors (Lipinski definition) is 0. The van der Waals surface area contributed by atoms with Crippen molar-refractivity contribution >= 4 is 17.7 Å². The Balaban J connectivity index is 2.94. The zero-order valence-electron chi connectivity index (χ0n) is 6.85. The Bertz CT molecular complexity index is 292. The van der Waals surface area contributed by atoms with E-state index in [1.807, 2.05) is 13.0 Å². The van der Waals surface area contributed by atoms with E-state index in [0.29, 0.717) is 10.6 Å². The van der Waals surface area contributed by atoms with Crippen LogP contribution in [-0.4, -0.2) is 0 Å². The summed E-state index contributed by atoms with van der Waals surface area (Å²) in [4.78, 5) is 0. The highest BCUT2D eigenvalue weighted by molar-refractivity contribution is 6.30. The van der Waals surface area contributed by atoms with Crippen molar-refractivity contribution in [2.45, 2.75) is 13.3 Å². The maximum absolute atomic E-state index is 13.0. The SMILES string of the molecule is CC/C=C\c1ccc(Cl)cc1F. The van der Waals surface area contributed by atoms with E-state index < -0.39 is 0 Å². The molecule has 1 aromatic carbocycles. The molecule has 0 radical (unpaired) electrons. The first-order valence-corrected chi connectivity index (χ1v) is 4.23. The number of hydrogen-bond donors (Lipinski definition) is 0. The quantitative estimate of drug-likeness (QED) is 0.654. The van der Waals surface area contributed by atoms with E-state index in [0.717, 1.165) is 6.42 Å². The smallest absolute Gasteiger partial charge is 0.131 e. The summed E-state index contributed by atoms with van der Waals surface area (Å²) in [7, 11) is 0. The van der Waals surface area contributed by atoms with Crippen molar-refractivity contribution in [3.63, 3.8) is 0 Å². The van der Waals surface area contributed by atoms with Gasteiger partial charge in [0.15, 0.2) is 0 Å². The molecule has 2 heteroatoms. The standard InChI is InChI=1S/C10H10ClF/c1-2-3-4-8-5-6-9(11)7-10(8)12/h3-7H,2H2,1H3/b4-3-. The van der Waals surface area contributed by atoms with Gasteiger partial charge in [-0.1, -0.05) is 36.7 Å². The van der Waals surface area contributed by atoms with Crippen molar-refractivity contribution < 1.29 is 4.39 Å². The highest BCUT2D eigenvalue weighted by Gasteiger charge is 1.97. The Morgan fingerprint density at radius 2 is 2.25 bits per heavy atom. The topological polar surface area (TPSA) is 0 Å². The number of rotatable bonds is 2. The molecule has 0 saturated heterocycles. The van der Waals surface area contributed by atoms with E-state index in [2.05, 4.69) is 0 Å². The highest BCUT2D eigenvalue weighted by atomic mass is 35.5. The van der Waals surface area contributed by atoms with Crippen molar-refractivity contribution in [3.8, 4) is 0 Å². The maximum Gasteiger partial charge on any atom is 0.131 e. The van der Waals surface area contributed by atoms with Crippen LogP contribution in [0.4, 0.5) is 4.39 Å². The molecule has 1 rings (SSSR count). The maximum atomic E-state index is 13.0. The normalized spacial score (nSPS) is 10.9. The summed E-state index contributed by atoms with van der Waals surface area (Å²) in [6.45, 7) is 2.00. The molecule has 0 aliphatic rings. The molecule has 0 N–H and O–H groups in total. The molecule has 0 aromatic heterocycles. The molecule has 0 fully saturated rings. The van der Waals surface area contributed by atoms with Crippen LogP contribution in [0.1, 0.15) is 18.9 Å². The van der Waals surface area contributed by atoms with Crippen LogP contribution in [0.25, 0.3) is 6.08 Å². The minimum Gasteiger partial charge on any atom is -0.206 e.